The van der Waals surface area contributed by atoms with Crippen LogP contribution in [0, 0.1) is 5.92 Å². The number of thioether (sulfide) groups is 2. The van der Waals surface area contributed by atoms with E-state index in [1.54, 1.807) is 44.7 Å². The van der Waals surface area contributed by atoms with Crippen molar-refractivity contribution in [3.05, 3.63) is 37.1 Å². The van der Waals surface area contributed by atoms with Crippen molar-refractivity contribution in [2.45, 2.75) is 61.3 Å². The first kappa shape index (κ1) is 33.7. The van der Waals surface area contributed by atoms with Crippen LogP contribution in [-0.4, -0.2) is 69.5 Å². The van der Waals surface area contributed by atoms with Gasteiger partial charge in [0.1, 0.15) is 17.3 Å². The molecule has 1 atom stereocenters. The Morgan fingerprint density at radius 3 is 1.88 bits per heavy atom. The summed E-state index contributed by atoms with van der Waals surface area (Å²) in [6.07, 6.45) is 5.35. The van der Waals surface area contributed by atoms with E-state index >= 15 is 4.79 Å². The van der Waals surface area contributed by atoms with E-state index in [0.29, 0.717) is 68.6 Å². The number of methoxy groups -OCH3 is 3. The molecule has 2 heterocycles. The quantitative estimate of drug-likeness (QED) is 0.101. The number of carbonyl (C=O) groups is 1. The second-order valence-electron chi connectivity index (χ2n) is 14.4. The van der Waals surface area contributed by atoms with Crippen LogP contribution < -0.4 is 41.0 Å². The van der Waals surface area contributed by atoms with Crippen molar-refractivity contribution in [3.63, 3.8) is 0 Å². The van der Waals surface area contributed by atoms with Crippen LogP contribution in [0.3, 0.4) is 0 Å². The van der Waals surface area contributed by atoms with E-state index in [-0.39, 0.29) is 41.0 Å². The highest BCUT2D eigenvalue weighted by molar-refractivity contribution is 8.00. The van der Waals surface area contributed by atoms with Crippen molar-refractivity contribution < 1.29 is 24.1 Å². The van der Waals surface area contributed by atoms with Gasteiger partial charge in [-0.3, -0.25) is 14.4 Å². The fraction of sp³-hybridized carbons (Fsp3) is 0.425. The normalized spacial score (nSPS) is 21.0. The number of carbonyl (C=O) groups excluding carboxylic acids is 1. The first-order valence-electron chi connectivity index (χ1n) is 18.0. The summed E-state index contributed by atoms with van der Waals surface area (Å²) in [5.41, 5.74) is 3.44. The molecule has 0 bridgehead atoms. The standard InChI is InChI=1S/C40H41N3O7S2/c1-16-14-20-22-23-25-28(38(50-5)40-33(42-11-13-52-40)30(25)35(47)36(48-3)26(23)21(16)17(2)45)27-24(22)29(32-39(37(27)49-4)51-12-10-41-32)34(46)31(20)43-19-8-6-18(15-44)7-9-19/h14,18-19,21,41-44H,6-13,15H2,1-5H3. The largest absolute Gasteiger partial charge is 0.495 e. The average molecular weight is 740 g/mol. The Balaban J connectivity index is 1.61. The highest BCUT2D eigenvalue weighted by Gasteiger charge is 2.40. The number of hydrogen-bond donors (Lipinski definition) is 4. The molecule has 0 saturated heterocycles. The van der Waals surface area contributed by atoms with Crippen LogP contribution in [0.1, 0.15) is 56.6 Å². The first-order valence-corrected chi connectivity index (χ1v) is 20.0. The summed E-state index contributed by atoms with van der Waals surface area (Å²) in [7, 11) is 4.80. The molecule has 5 aromatic rings. The minimum Gasteiger partial charge on any atom is -0.495 e. The number of fused-ring (bicyclic) bond motifs is 5. The van der Waals surface area contributed by atoms with Gasteiger partial charge in [-0.2, -0.15) is 0 Å². The molecule has 0 aromatic heterocycles. The molecule has 0 radical (unpaired) electrons. The summed E-state index contributed by atoms with van der Waals surface area (Å²) >= 11 is 3.28. The number of benzene rings is 5. The van der Waals surface area contributed by atoms with E-state index in [0.717, 1.165) is 79.8 Å². The van der Waals surface area contributed by atoms with Crippen LogP contribution >= 0.6 is 23.5 Å². The van der Waals surface area contributed by atoms with E-state index in [1.165, 1.54) is 7.11 Å². The molecule has 1 fully saturated rings. The summed E-state index contributed by atoms with van der Waals surface area (Å²) in [5.74, 6) is 2.26. The molecule has 2 aliphatic carbocycles. The van der Waals surface area contributed by atoms with E-state index in [4.69, 9.17) is 14.2 Å². The molecular formula is C40H41N3O7S2. The number of aliphatic hydroxyl groups is 1. The van der Waals surface area contributed by atoms with Gasteiger partial charge in [-0.15, -0.1) is 23.5 Å². The summed E-state index contributed by atoms with van der Waals surface area (Å²) in [4.78, 5) is 45.9. The third-order valence-electron chi connectivity index (χ3n) is 11.6. The highest BCUT2D eigenvalue weighted by Crippen LogP contribution is 2.60. The van der Waals surface area contributed by atoms with E-state index in [1.807, 2.05) is 13.0 Å². The lowest BCUT2D eigenvalue weighted by Gasteiger charge is -2.31. The van der Waals surface area contributed by atoms with Gasteiger partial charge in [-0.1, -0.05) is 11.6 Å². The predicted molar refractivity (Wildman–Crippen MR) is 213 cm³/mol. The smallest absolute Gasteiger partial charge is 0.230 e. The van der Waals surface area contributed by atoms with Crippen LogP contribution in [0.4, 0.5) is 17.1 Å². The zero-order valence-corrected chi connectivity index (χ0v) is 31.5. The van der Waals surface area contributed by atoms with Crippen LogP contribution in [0.2, 0.25) is 0 Å². The van der Waals surface area contributed by atoms with Crippen molar-refractivity contribution in [1.82, 2.24) is 0 Å². The third-order valence-corrected chi connectivity index (χ3v) is 13.8. The SMILES string of the molecule is COc1c2c3c4c(c(NC5CCC(CO)CC5)c(=O)c5c6c(c(OC)c(c7c(OC)c8c(c(c1=O)c73)NCCS8)c54)SCCN6)C=C(C)C2C(C)=O. The van der Waals surface area contributed by atoms with Gasteiger partial charge in [0.2, 0.25) is 10.9 Å². The van der Waals surface area contributed by atoms with Crippen molar-refractivity contribution >= 4 is 95.5 Å². The van der Waals surface area contributed by atoms with Gasteiger partial charge in [0.15, 0.2) is 5.75 Å². The maximum absolute atomic E-state index is 15.4. The third kappa shape index (κ3) is 4.46. The molecule has 10 nitrogen and oxygen atoms in total. The van der Waals surface area contributed by atoms with Gasteiger partial charge < -0.3 is 35.3 Å². The molecule has 4 aliphatic rings. The lowest BCUT2D eigenvalue weighted by atomic mass is 9.80. The molecular weight excluding hydrogens is 699 g/mol. The summed E-state index contributed by atoms with van der Waals surface area (Å²) in [5, 5.41) is 26.1. The fourth-order valence-corrected chi connectivity index (χ4v) is 11.6. The zero-order chi connectivity index (χ0) is 36.2. The lowest BCUT2D eigenvalue weighted by molar-refractivity contribution is -0.117. The number of ketones is 1. The Hall–Kier alpha value is -4.13. The van der Waals surface area contributed by atoms with Crippen molar-refractivity contribution in [2.24, 2.45) is 5.92 Å². The van der Waals surface area contributed by atoms with Crippen LogP contribution in [0.15, 0.2) is 25.0 Å². The van der Waals surface area contributed by atoms with Crippen molar-refractivity contribution in [2.75, 3.05) is 68.5 Å². The van der Waals surface area contributed by atoms with Crippen LogP contribution in [0.25, 0.3) is 49.2 Å². The molecule has 5 aromatic carbocycles. The predicted octanol–water partition coefficient (Wildman–Crippen LogP) is 7.01. The molecule has 12 heteroatoms. The van der Waals surface area contributed by atoms with Gasteiger partial charge in [0, 0.05) is 75.3 Å². The van der Waals surface area contributed by atoms with Crippen molar-refractivity contribution in [1.29, 1.82) is 0 Å². The topological polar surface area (TPSA) is 135 Å². The number of rotatable bonds is 7. The number of ether oxygens (including phenoxy) is 3. The van der Waals surface area contributed by atoms with E-state index < -0.39 is 5.92 Å². The Labute approximate surface area is 308 Å². The highest BCUT2D eigenvalue weighted by atomic mass is 32.2. The number of allylic oxidation sites excluding steroid dienone is 1. The van der Waals surface area contributed by atoms with Crippen molar-refractivity contribution in [3.8, 4) is 17.2 Å². The summed E-state index contributed by atoms with van der Waals surface area (Å²) < 4.78 is 18.8. The van der Waals surface area contributed by atoms with Gasteiger partial charge in [-0.25, -0.2) is 0 Å². The molecule has 0 amide bonds. The Morgan fingerprint density at radius 1 is 0.788 bits per heavy atom. The summed E-state index contributed by atoms with van der Waals surface area (Å²) in [6.45, 7) is 4.95. The van der Waals surface area contributed by atoms with Crippen LogP contribution in [0.5, 0.6) is 17.2 Å². The molecule has 1 unspecified atom stereocenters. The van der Waals surface area contributed by atoms with Crippen LogP contribution in [-0.2, 0) is 4.79 Å². The van der Waals surface area contributed by atoms with Gasteiger partial charge >= 0.3 is 0 Å². The molecule has 1 saturated carbocycles. The number of Topliss-reactive ketones (excluding diaryl/α,β-unsaturated/α-hetero) is 1. The molecule has 9 rings (SSSR count). The minimum absolute atomic E-state index is 0.0232. The second kappa shape index (κ2) is 12.5. The zero-order valence-electron chi connectivity index (χ0n) is 29.9. The van der Waals surface area contributed by atoms with E-state index in [9.17, 15) is 14.7 Å². The lowest BCUT2D eigenvalue weighted by Crippen LogP contribution is -2.30. The molecule has 4 N–H and O–H groups in total. The number of anilines is 3. The fourth-order valence-electron chi connectivity index (χ4n) is 9.53. The maximum Gasteiger partial charge on any atom is 0.230 e. The number of hydrogen-bond acceptors (Lipinski definition) is 12. The number of nitrogens with one attached hydrogen (secondary N) is 3. The Morgan fingerprint density at radius 2 is 1.35 bits per heavy atom. The molecule has 270 valence electrons. The molecule has 0 spiro atoms. The first-order chi connectivity index (χ1) is 25.2. The van der Waals surface area contributed by atoms with Gasteiger partial charge in [-0.05, 0) is 50.8 Å². The molecule has 2 aliphatic heterocycles. The maximum atomic E-state index is 15.4. The van der Waals surface area contributed by atoms with Gasteiger partial charge in [0.05, 0.1) is 64.9 Å². The monoisotopic (exact) mass is 739 g/mol. The second-order valence-corrected chi connectivity index (χ2v) is 16.6. The minimum atomic E-state index is -0.792. The molecule has 52 heavy (non-hydrogen) atoms. The van der Waals surface area contributed by atoms with E-state index in [2.05, 4.69) is 16.0 Å². The Bertz CT molecular complexity index is 2510. The Kier molecular flexibility index (Phi) is 8.09. The summed E-state index contributed by atoms with van der Waals surface area (Å²) in [6, 6.07) is 0.0232. The number of aliphatic hydroxyl groups excluding tert-OH is 1. The average Bonchev–Trinajstić information content (AvgIpc) is 3.29. The van der Waals surface area contributed by atoms with Gasteiger partial charge in [0.25, 0.3) is 0 Å².